The van der Waals surface area contributed by atoms with Crippen LogP contribution in [0.5, 0.6) is 0 Å². The predicted molar refractivity (Wildman–Crippen MR) is 80.2 cm³/mol. The molecule has 2 rings (SSSR count). The Labute approximate surface area is 123 Å². The molecule has 1 atom stereocenters. The molecule has 0 saturated heterocycles. The van der Waals surface area contributed by atoms with Crippen LogP contribution >= 0.6 is 23.2 Å². The highest BCUT2D eigenvalue weighted by molar-refractivity contribution is 6.31. The zero-order valence-corrected chi connectivity index (χ0v) is 12.8. The van der Waals surface area contributed by atoms with E-state index in [0.29, 0.717) is 5.22 Å². The molecular weight excluding hydrogens is 281 g/mol. The number of halogens is 2. The van der Waals surface area contributed by atoms with Gasteiger partial charge in [0, 0.05) is 5.02 Å². The van der Waals surface area contributed by atoms with Crippen LogP contribution in [0.25, 0.3) is 0 Å². The Hall–Kier alpha value is -0.960. The Morgan fingerprint density at radius 3 is 2.47 bits per heavy atom. The molecule has 1 unspecified atom stereocenters. The van der Waals surface area contributed by atoms with Crippen molar-refractivity contribution in [1.29, 1.82) is 0 Å². The monoisotopic (exact) mass is 297 g/mol. The average Bonchev–Trinajstić information content (AvgIpc) is 2.78. The minimum absolute atomic E-state index is 0.00605. The van der Waals surface area contributed by atoms with Crippen molar-refractivity contribution in [2.45, 2.75) is 26.8 Å². The van der Waals surface area contributed by atoms with Crippen molar-refractivity contribution >= 4 is 23.2 Å². The third kappa shape index (κ3) is 3.14. The lowest BCUT2D eigenvalue weighted by atomic mass is 9.97. The standard InChI is InChI=1S/C15H17Cl2NO/c1-4-18-15(13-5-6-14(17)19-13)11-7-10(3)12(16)8-9(11)2/h5-8,15,18H,4H2,1-3H3. The van der Waals surface area contributed by atoms with Crippen LogP contribution in [0.2, 0.25) is 10.2 Å². The number of hydrogen-bond donors (Lipinski definition) is 1. The van der Waals surface area contributed by atoms with E-state index in [2.05, 4.69) is 25.2 Å². The quantitative estimate of drug-likeness (QED) is 0.868. The molecular formula is C15H17Cl2NO. The molecule has 2 aromatic rings. The molecule has 1 aromatic carbocycles. The van der Waals surface area contributed by atoms with Crippen LogP contribution in [0.15, 0.2) is 28.7 Å². The van der Waals surface area contributed by atoms with Gasteiger partial charge in [-0.05, 0) is 66.9 Å². The summed E-state index contributed by atoms with van der Waals surface area (Å²) in [6, 6.07) is 7.74. The minimum Gasteiger partial charge on any atom is -0.448 e. The molecule has 0 aliphatic carbocycles. The summed E-state index contributed by atoms with van der Waals surface area (Å²) in [5.41, 5.74) is 3.35. The Morgan fingerprint density at radius 2 is 1.89 bits per heavy atom. The second-order valence-electron chi connectivity index (χ2n) is 4.59. The Kier molecular flexibility index (Phi) is 4.56. The zero-order valence-electron chi connectivity index (χ0n) is 11.3. The smallest absolute Gasteiger partial charge is 0.193 e. The van der Waals surface area contributed by atoms with Gasteiger partial charge in [-0.2, -0.15) is 0 Å². The summed E-state index contributed by atoms with van der Waals surface area (Å²) in [5, 5.41) is 4.61. The summed E-state index contributed by atoms with van der Waals surface area (Å²) in [6.45, 7) is 6.96. The first kappa shape index (κ1) is 14.4. The molecule has 1 heterocycles. The van der Waals surface area contributed by atoms with Crippen LogP contribution in [-0.4, -0.2) is 6.54 Å². The van der Waals surface area contributed by atoms with E-state index in [1.165, 1.54) is 0 Å². The summed E-state index contributed by atoms with van der Waals surface area (Å²) in [7, 11) is 0. The molecule has 0 radical (unpaired) electrons. The van der Waals surface area contributed by atoms with Crippen LogP contribution in [0.1, 0.15) is 35.4 Å². The third-order valence-corrected chi connectivity index (χ3v) is 3.76. The van der Waals surface area contributed by atoms with E-state index in [-0.39, 0.29) is 6.04 Å². The van der Waals surface area contributed by atoms with Crippen LogP contribution in [0.4, 0.5) is 0 Å². The summed E-state index contributed by atoms with van der Waals surface area (Å²) in [4.78, 5) is 0. The lowest BCUT2D eigenvalue weighted by Crippen LogP contribution is -2.22. The van der Waals surface area contributed by atoms with Crippen LogP contribution in [0, 0.1) is 13.8 Å². The van der Waals surface area contributed by atoms with Crippen molar-refractivity contribution in [2.75, 3.05) is 6.54 Å². The van der Waals surface area contributed by atoms with Crippen LogP contribution in [0.3, 0.4) is 0 Å². The molecule has 0 bridgehead atoms. The van der Waals surface area contributed by atoms with Crippen molar-refractivity contribution in [3.63, 3.8) is 0 Å². The molecule has 1 aromatic heterocycles. The number of aryl methyl sites for hydroxylation is 2. The lowest BCUT2D eigenvalue weighted by molar-refractivity contribution is 0.452. The van der Waals surface area contributed by atoms with E-state index in [1.54, 1.807) is 6.07 Å². The van der Waals surface area contributed by atoms with Crippen molar-refractivity contribution in [3.8, 4) is 0 Å². The molecule has 0 amide bonds. The Morgan fingerprint density at radius 1 is 1.16 bits per heavy atom. The van der Waals surface area contributed by atoms with Gasteiger partial charge >= 0.3 is 0 Å². The van der Waals surface area contributed by atoms with Crippen LogP contribution < -0.4 is 5.32 Å². The van der Waals surface area contributed by atoms with Gasteiger partial charge in [0.25, 0.3) is 0 Å². The average molecular weight is 298 g/mol. The molecule has 19 heavy (non-hydrogen) atoms. The number of hydrogen-bond acceptors (Lipinski definition) is 2. The maximum atomic E-state index is 6.15. The van der Waals surface area contributed by atoms with Crippen molar-refractivity contribution < 1.29 is 4.42 Å². The highest BCUT2D eigenvalue weighted by atomic mass is 35.5. The normalized spacial score (nSPS) is 12.7. The van der Waals surface area contributed by atoms with E-state index >= 15 is 0 Å². The van der Waals surface area contributed by atoms with Gasteiger partial charge in [0.15, 0.2) is 5.22 Å². The largest absolute Gasteiger partial charge is 0.448 e. The lowest BCUT2D eigenvalue weighted by Gasteiger charge is -2.19. The highest BCUT2D eigenvalue weighted by Crippen LogP contribution is 2.31. The van der Waals surface area contributed by atoms with Gasteiger partial charge in [0.1, 0.15) is 5.76 Å². The van der Waals surface area contributed by atoms with E-state index in [9.17, 15) is 0 Å². The van der Waals surface area contributed by atoms with Gasteiger partial charge in [0.2, 0.25) is 0 Å². The molecule has 4 heteroatoms. The van der Waals surface area contributed by atoms with E-state index < -0.39 is 0 Å². The first-order chi connectivity index (χ1) is 9.02. The van der Waals surface area contributed by atoms with Crippen molar-refractivity contribution in [3.05, 3.63) is 57.0 Å². The van der Waals surface area contributed by atoms with Crippen molar-refractivity contribution in [2.24, 2.45) is 0 Å². The summed E-state index contributed by atoms with van der Waals surface area (Å²) < 4.78 is 5.55. The fourth-order valence-corrected chi connectivity index (χ4v) is 2.54. The molecule has 102 valence electrons. The van der Waals surface area contributed by atoms with Gasteiger partial charge in [-0.1, -0.05) is 24.6 Å². The third-order valence-electron chi connectivity index (χ3n) is 3.15. The van der Waals surface area contributed by atoms with Crippen LogP contribution in [-0.2, 0) is 0 Å². The van der Waals surface area contributed by atoms with Gasteiger partial charge in [0.05, 0.1) is 6.04 Å². The van der Waals surface area contributed by atoms with E-state index in [4.69, 9.17) is 27.6 Å². The zero-order chi connectivity index (χ0) is 14.0. The first-order valence-corrected chi connectivity index (χ1v) is 7.03. The Balaban J connectivity index is 2.47. The summed E-state index contributed by atoms with van der Waals surface area (Å²) in [6.07, 6.45) is 0. The van der Waals surface area contributed by atoms with Gasteiger partial charge in [-0.25, -0.2) is 0 Å². The van der Waals surface area contributed by atoms with E-state index in [1.807, 2.05) is 19.1 Å². The number of nitrogens with one attached hydrogen (secondary N) is 1. The van der Waals surface area contributed by atoms with Gasteiger partial charge in [-0.15, -0.1) is 0 Å². The predicted octanol–water partition coefficient (Wildman–Crippen LogP) is 4.90. The fraction of sp³-hybridized carbons (Fsp3) is 0.333. The molecule has 2 nitrogen and oxygen atoms in total. The second kappa shape index (κ2) is 6.00. The van der Waals surface area contributed by atoms with Crippen molar-refractivity contribution in [1.82, 2.24) is 5.32 Å². The second-order valence-corrected chi connectivity index (χ2v) is 5.37. The minimum atomic E-state index is -0.00605. The number of furan rings is 1. The summed E-state index contributed by atoms with van der Waals surface area (Å²) >= 11 is 12.0. The maximum absolute atomic E-state index is 6.15. The topological polar surface area (TPSA) is 25.2 Å². The molecule has 0 saturated carbocycles. The maximum Gasteiger partial charge on any atom is 0.193 e. The molecule has 1 N–H and O–H groups in total. The molecule has 0 spiro atoms. The molecule has 0 aliphatic heterocycles. The fourth-order valence-electron chi connectivity index (χ4n) is 2.17. The number of rotatable bonds is 4. The van der Waals surface area contributed by atoms with E-state index in [0.717, 1.165) is 34.0 Å². The highest BCUT2D eigenvalue weighted by Gasteiger charge is 2.19. The SMILES string of the molecule is CCNC(c1ccc(Cl)o1)c1cc(C)c(Cl)cc1C. The summed E-state index contributed by atoms with van der Waals surface area (Å²) in [5.74, 6) is 0.816. The van der Waals surface area contributed by atoms with Gasteiger partial charge < -0.3 is 9.73 Å². The van der Waals surface area contributed by atoms with Gasteiger partial charge in [-0.3, -0.25) is 0 Å². The first-order valence-electron chi connectivity index (χ1n) is 6.28. The molecule has 0 aliphatic rings. The molecule has 0 fully saturated rings. The number of benzene rings is 1. The Bertz CT molecular complexity index is 578.